The SMILES string of the molecule is CCc1c(CC)c2cc3nc(cc4[nH]c(cc5nc(cc1[nH]2)C(C)=C5CCC(=O)[O-])c1c4N=C([O-])CC1)C(CCC(=O)O)=C3C.[Na+].[Na+]. The van der Waals surface area contributed by atoms with Crippen LogP contribution in [0.1, 0.15) is 99.3 Å². The molecule has 0 unspecified atom stereocenters. The third-order valence-corrected chi connectivity index (χ3v) is 9.02. The van der Waals surface area contributed by atoms with E-state index in [2.05, 4.69) is 28.8 Å². The van der Waals surface area contributed by atoms with E-state index in [4.69, 9.17) is 9.97 Å². The molecule has 0 fully saturated rings. The predicted octanol–water partition coefficient (Wildman–Crippen LogP) is -0.960. The molecule has 47 heavy (non-hydrogen) atoms. The number of aromatic amines is 2. The summed E-state index contributed by atoms with van der Waals surface area (Å²) in [6.45, 7) is 8.16. The van der Waals surface area contributed by atoms with E-state index in [1.165, 1.54) is 11.1 Å². The standard InChI is InChI=1S/C35H37N5O5.2Na/c1-5-19-20(6-2)27-14-25-18(4)22(9-12-34(44)45)29(37-25)16-31-35-23(7-10-32(41)40-35)30(39-31)15-28-21(8-11-33(42)43)17(3)24(36-28)13-26(19)38-27;;/h13-16,38-39H,5-12H2,1-4H3,(H,40,41)(H,42,43)(H,44,45);;/q;2*+1/p-2. The fourth-order valence-electron chi connectivity index (χ4n) is 6.68. The monoisotopic (exact) mass is 651 g/mol. The number of allylic oxidation sites excluding steroid dienone is 4. The summed E-state index contributed by atoms with van der Waals surface area (Å²) in [6.07, 6.45) is 2.75. The molecule has 232 valence electrons. The summed E-state index contributed by atoms with van der Waals surface area (Å²) in [4.78, 5) is 44.5. The van der Waals surface area contributed by atoms with Crippen LogP contribution in [0.15, 0.2) is 29.3 Å². The number of carbonyl (C=O) groups excluding carboxylic acids is 1. The average Bonchev–Trinajstić information content (AvgIpc) is 3.68. The zero-order valence-electron chi connectivity index (χ0n) is 27.9. The third-order valence-electron chi connectivity index (χ3n) is 9.02. The van der Waals surface area contributed by atoms with E-state index in [9.17, 15) is 24.9 Å². The minimum absolute atomic E-state index is 0. The van der Waals surface area contributed by atoms with Crippen molar-refractivity contribution in [1.82, 2.24) is 19.9 Å². The zero-order valence-corrected chi connectivity index (χ0v) is 31.9. The zero-order chi connectivity index (χ0) is 32.0. The molecule has 6 heterocycles. The number of hydrogen-bond acceptors (Lipinski definition) is 7. The number of fused-ring (bicyclic) bond motifs is 11. The quantitative estimate of drug-likeness (QED) is 0.264. The first-order chi connectivity index (χ1) is 21.6. The number of aryl methyl sites for hydroxylation is 3. The van der Waals surface area contributed by atoms with E-state index in [0.29, 0.717) is 35.4 Å². The number of nitrogens with one attached hydrogen (secondary N) is 2. The molecule has 0 aliphatic carbocycles. The molecular formula is C35H35N5Na2O5. The summed E-state index contributed by atoms with van der Waals surface area (Å²) in [5, 5.41) is 33.5. The van der Waals surface area contributed by atoms with Crippen molar-refractivity contribution in [2.24, 2.45) is 4.99 Å². The first-order valence-corrected chi connectivity index (χ1v) is 15.4. The first-order valence-electron chi connectivity index (χ1n) is 15.4. The maximum atomic E-state index is 12.5. The fraction of sp³-hybridized carbons (Fsp3) is 0.343. The number of aliphatic carboxylic acids is 2. The first kappa shape index (κ1) is 36.8. The Labute approximate surface area is 317 Å². The number of hydrogen-bond donors (Lipinski definition) is 3. The smallest absolute Gasteiger partial charge is 0.862 e. The van der Waals surface area contributed by atoms with Gasteiger partial charge in [0.2, 0.25) is 0 Å². The van der Waals surface area contributed by atoms with E-state index >= 15 is 0 Å². The number of rotatable bonds is 8. The number of carboxylic acid groups (broad SMARTS) is 2. The minimum Gasteiger partial charge on any atom is -0.862 e. The molecule has 0 saturated carbocycles. The van der Waals surface area contributed by atoms with Crippen LogP contribution in [0.4, 0.5) is 5.69 Å². The molecule has 0 atom stereocenters. The Kier molecular flexibility index (Phi) is 11.8. The van der Waals surface area contributed by atoms with Crippen molar-refractivity contribution in [3.63, 3.8) is 0 Å². The van der Waals surface area contributed by atoms with Gasteiger partial charge < -0.3 is 30.1 Å². The predicted molar refractivity (Wildman–Crippen MR) is 171 cm³/mol. The third kappa shape index (κ3) is 7.23. The van der Waals surface area contributed by atoms with Crippen molar-refractivity contribution in [3.8, 4) is 0 Å². The fourth-order valence-corrected chi connectivity index (χ4v) is 6.68. The van der Waals surface area contributed by atoms with Crippen molar-refractivity contribution < 1.29 is 84.0 Å². The van der Waals surface area contributed by atoms with Gasteiger partial charge in [0.1, 0.15) is 0 Å². The van der Waals surface area contributed by atoms with Gasteiger partial charge in [-0.2, -0.15) is 0 Å². The van der Waals surface area contributed by atoms with Crippen LogP contribution in [-0.4, -0.2) is 42.9 Å². The second-order valence-electron chi connectivity index (χ2n) is 11.7. The van der Waals surface area contributed by atoms with Crippen LogP contribution in [0.3, 0.4) is 0 Å². The summed E-state index contributed by atoms with van der Waals surface area (Å²) in [6, 6.07) is 7.82. The molecule has 6 rings (SSSR count). The van der Waals surface area contributed by atoms with Crippen LogP contribution in [0.5, 0.6) is 0 Å². The summed E-state index contributed by atoms with van der Waals surface area (Å²) in [5.41, 5.74) is 13.2. The number of H-pyrrole nitrogens is 2. The van der Waals surface area contributed by atoms with Crippen molar-refractivity contribution >= 4 is 67.9 Å². The van der Waals surface area contributed by atoms with Crippen molar-refractivity contribution in [3.05, 3.63) is 63.7 Å². The molecule has 0 amide bonds. The molecule has 10 nitrogen and oxygen atoms in total. The van der Waals surface area contributed by atoms with E-state index in [-0.39, 0.29) is 90.7 Å². The molecule has 3 aliphatic heterocycles. The van der Waals surface area contributed by atoms with Gasteiger partial charge in [-0.15, -0.1) is 0 Å². The summed E-state index contributed by atoms with van der Waals surface area (Å²) in [7, 11) is 0. The van der Waals surface area contributed by atoms with Crippen LogP contribution < -0.4 is 69.3 Å². The molecular weight excluding hydrogens is 616 g/mol. The number of nitrogens with zero attached hydrogens (tertiary/aromatic N) is 3. The minimum atomic E-state index is -1.13. The summed E-state index contributed by atoms with van der Waals surface area (Å²) in [5.74, 6) is -2.23. The molecule has 0 spiro atoms. The van der Waals surface area contributed by atoms with Crippen LogP contribution >= 0.6 is 0 Å². The Balaban J connectivity index is 0.00000250. The maximum Gasteiger partial charge on any atom is 1.00 e. The average molecular weight is 652 g/mol. The number of carboxylic acids is 2. The molecule has 0 aromatic carbocycles. The summed E-state index contributed by atoms with van der Waals surface area (Å²) < 4.78 is 0. The van der Waals surface area contributed by atoms with Crippen molar-refractivity contribution in [2.45, 2.75) is 79.1 Å². The number of aromatic nitrogens is 4. The second-order valence-corrected chi connectivity index (χ2v) is 11.7. The Morgan fingerprint density at radius 3 is 1.77 bits per heavy atom. The van der Waals surface area contributed by atoms with Crippen LogP contribution in [0.2, 0.25) is 0 Å². The normalized spacial score (nSPS) is 13.9. The van der Waals surface area contributed by atoms with Crippen LogP contribution in [0, 0.1) is 0 Å². The topological polar surface area (TPSA) is 170 Å². The van der Waals surface area contributed by atoms with Gasteiger partial charge in [0.15, 0.2) is 0 Å². The van der Waals surface area contributed by atoms with Gasteiger partial charge >= 0.3 is 65.1 Å². The van der Waals surface area contributed by atoms with Crippen LogP contribution in [-0.2, 0) is 28.9 Å². The molecule has 0 radical (unpaired) electrons. The van der Waals surface area contributed by atoms with Crippen LogP contribution in [0.25, 0.3) is 44.4 Å². The van der Waals surface area contributed by atoms with E-state index in [1.807, 2.05) is 38.1 Å². The maximum absolute atomic E-state index is 12.5. The molecule has 3 N–H and O–H groups in total. The van der Waals surface area contributed by atoms with E-state index in [1.54, 1.807) is 0 Å². The van der Waals surface area contributed by atoms with Gasteiger partial charge in [0.25, 0.3) is 0 Å². The van der Waals surface area contributed by atoms with Gasteiger partial charge in [0, 0.05) is 34.5 Å². The second kappa shape index (κ2) is 15.1. The molecule has 3 aromatic heterocycles. The Hall–Kier alpha value is -2.99. The van der Waals surface area contributed by atoms with Crippen molar-refractivity contribution in [2.75, 3.05) is 0 Å². The van der Waals surface area contributed by atoms with Gasteiger partial charge in [-0.25, -0.2) is 9.97 Å². The molecule has 3 aromatic rings. The van der Waals surface area contributed by atoms with Gasteiger partial charge in [0.05, 0.1) is 34.0 Å². The Morgan fingerprint density at radius 1 is 0.766 bits per heavy atom. The number of aliphatic imine (C=N–C) groups is 1. The van der Waals surface area contributed by atoms with Gasteiger partial charge in [-0.3, -0.25) is 9.79 Å². The van der Waals surface area contributed by atoms with Crippen molar-refractivity contribution in [1.29, 1.82) is 0 Å². The Morgan fingerprint density at radius 2 is 1.26 bits per heavy atom. The molecule has 12 heteroatoms. The van der Waals surface area contributed by atoms with E-state index in [0.717, 1.165) is 68.6 Å². The van der Waals surface area contributed by atoms with Gasteiger partial charge in [-0.05, 0) is 122 Å². The van der Waals surface area contributed by atoms with Gasteiger partial charge in [-0.1, -0.05) is 13.8 Å². The molecule has 0 saturated heterocycles. The summed E-state index contributed by atoms with van der Waals surface area (Å²) >= 11 is 0. The molecule has 8 bridgehead atoms. The Bertz CT molecular complexity index is 2040. The van der Waals surface area contributed by atoms with E-state index < -0.39 is 11.9 Å². The number of carbonyl (C=O) groups is 2. The largest absolute Gasteiger partial charge is 1.00 e. The molecule has 3 aliphatic rings.